The standard InChI is InChI=1S/C12H18N2/c1-3-9-8-14-7-6-11(9)12(13-2)10-4-5-10/h6-8,10,12-13H,3-5H2,1-2H3. The van der Waals surface area contributed by atoms with Gasteiger partial charge in [0, 0.05) is 18.4 Å². The number of aromatic nitrogens is 1. The summed E-state index contributed by atoms with van der Waals surface area (Å²) in [4.78, 5) is 4.18. The fraction of sp³-hybridized carbons (Fsp3) is 0.583. The van der Waals surface area contributed by atoms with Gasteiger partial charge in [-0.05, 0) is 49.4 Å². The zero-order valence-electron chi connectivity index (χ0n) is 8.96. The van der Waals surface area contributed by atoms with Gasteiger partial charge in [-0.15, -0.1) is 0 Å². The van der Waals surface area contributed by atoms with Crippen LogP contribution in [0.15, 0.2) is 18.5 Å². The fourth-order valence-corrected chi connectivity index (χ4v) is 2.11. The van der Waals surface area contributed by atoms with E-state index in [1.165, 1.54) is 24.0 Å². The van der Waals surface area contributed by atoms with Crippen LogP contribution in [0.25, 0.3) is 0 Å². The molecule has 1 fully saturated rings. The van der Waals surface area contributed by atoms with E-state index in [4.69, 9.17) is 0 Å². The number of hydrogen-bond donors (Lipinski definition) is 1. The lowest BCUT2D eigenvalue weighted by Gasteiger charge is -2.18. The average molecular weight is 190 g/mol. The monoisotopic (exact) mass is 190 g/mol. The highest BCUT2D eigenvalue weighted by Gasteiger charge is 2.31. The largest absolute Gasteiger partial charge is 0.313 e. The van der Waals surface area contributed by atoms with Crippen molar-refractivity contribution in [2.75, 3.05) is 7.05 Å². The van der Waals surface area contributed by atoms with Crippen LogP contribution in [-0.2, 0) is 6.42 Å². The second kappa shape index (κ2) is 4.09. The third-order valence-electron chi connectivity index (χ3n) is 3.06. The van der Waals surface area contributed by atoms with Crippen molar-refractivity contribution in [3.63, 3.8) is 0 Å². The van der Waals surface area contributed by atoms with E-state index in [1.807, 2.05) is 12.4 Å². The van der Waals surface area contributed by atoms with Crippen molar-refractivity contribution in [3.8, 4) is 0 Å². The SMILES string of the molecule is CCc1cnccc1C(NC)C1CC1. The molecule has 1 saturated carbocycles. The quantitative estimate of drug-likeness (QED) is 0.788. The molecule has 76 valence electrons. The van der Waals surface area contributed by atoms with Crippen molar-refractivity contribution in [3.05, 3.63) is 29.6 Å². The Labute approximate surface area is 85.7 Å². The number of hydrogen-bond acceptors (Lipinski definition) is 2. The highest BCUT2D eigenvalue weighted by atomic mass is 14.9. The summed E-state index contributed by atoms with van der Waals surface area (Å²) in [6, 6.07) is 2.71. The van der Waals surface area contributed by atoms with E-state index in [1.54, 1.807) is 0 Å². The van der Waals surface area contributed by atoms with Crippen molar-refractivity contribution >= 4 is 0 Å². The normalized spacial score (nSPS) is 18.1. The van der Waals surface area contributed by atoms with Gasteiger partial charge >= 0.3 is 0 Å². The number of aryl methyl sites for hydroxylation is 1. The second-order valence-electron chi connectivity index (χ2n) is 4.03. The van der Waals surface area contributed by atoms with E-state index in [0.29, 0.717) is 6.04 Å². The van der Waals surface area contributed by atoms with E-state index in [-0.39, 0.29) is 0 Å². The second-order valence-corrected chi connectivity index (χ2v) is 4.03. The highest BCUT2D eigenvalue weighted by molar-refractivity contribution is 5.28. The third kappa shape index (κ3) is 1.80. The Balaban J connectivity index is 2.27. The predicted octanol–water partition coefficient (Wildman–Crippen LogP) is 2.31. The topological polar surface area (TPSA) is 24.9 Å². The first-order valence-electron chi connectivity index (χ1n) is 5.46. The number of nitrogens with one attached hydrogen (secondary N) is 1. The van der Waals surface area contributed by atoms with Gasteiger partial charge in [0.15, 0.2) is 0 Å². The van der Waals surface area contributed by atoms with Crippen molar-refractivity contribution < 1.29 is 0 Å². The molecule has 1 unspecified atom stereocenters. The molecule has 1 aromatic rings. The molecule has 0 spiro atoms. The van der Waals surface area contributed by atoms with Crippen LogP contribution in [0.1, 0.15) is 36.9 Å². The maximum absolute atomic E-state index is 4.18. The van der Waals surface area contributed by atoms with E-state index >= 15 is 0 Å². The van der Waals surface area contributed by atoms with Gasteiger partial charge in [-0.1, -0.05) is 6.92 Å². The summed E-state index contributed by atoms with van der Waals surface area (Å²) in [6.07, 6.45) is 7.73. The lowest BCUT2D eigenvalue weighted by molar-refractivity contribution is 0.524. The Kier molecular flexibility index (Phi) is 2.82. The molecule has 1 atom stereocenters. The molecule has 0 radical (unpaired) electrons. The summed E-state index contributed by atoms with van der Waals surface area (Å²) in [5, 5.41) is 3.43. The molecule has 1 aliphatic rings. The molecule has 1 aliphatic carbocycles. The minimum absolute atomic E-state index is 0.549. The summed E-state index contributed by atoms with van der Waals surface area (Å²) in [7, 11) is 2.06. The Morgan fingerprint density at radius 2 is 2.36 bits per heavy atom. The highest BCUT2D eigenvalue weighted by Crippen LogP contribution is 2.41. The first-order chi connectivity index (χ1) is 6.86. The van der Waals surface area contributed by atoms with Crippen molar-refractivity contribution in [1.82, 2.24) is 10.3 Å². The van der Waals surface area contributed by atoms with Gasteiger partial charge < -0.3 is 5.32 Å². The van der Waals surface area contributed by atoms with Gasteiger partial charge in [-0.25, -0.2) is 0 Å². The van der Waals surface area contributed by atoms with Crippen LogP contribution in [0.4, 0.5) is 0 Å². The molecule has 14 heavy (non-hydrogen) atoms. The Bertz CT molecular complexity index is 305. The van der Waals surface area contributed by atoms with Crippen LogP contribution in [0.2, 0.25) is 0 Å². The lowest BCUT2D eigenvalue weighted by atomic mass is 9.97. The van der Waals surface area contributed by atoms with Crippen LogP contribution >= 0.6 is 0 Å². The summed E-state index contributed by atoms with van der Waals surface area (Å²) in [5.74, 6) is 0.854. The summed E-state index contributed by atoms with van der Waals surface area (Å²) in [5.41, 5.74) is 2.84. The van der Waals surface area contributed by atoms with Crippen LogP contribution < -0.4 is 5.32 Å². The molecule has 0 aromatic carbocycles. The Morgan fingerprint density at radius 1 is 1.57 bits per heavy atom. The first kappa shape index (κ1) is 9.66. The molecule has 1 heterocycles. The van der Waals surface area contributed by atoms with Gasteiger partial charge in [0.05, 0.1) is 0 Å². The summed E-state index contributed by atoms with van der Waals surface area (Å²) in [6.45, 7) is 2.19. The summed E-state index contributed by atoms with van der Waals surface area (Å²) < 4.78 is 0. The molecule has 0 bridgehead atoms. The number of rotatable bonds is 4. The van der Waals surface area contributed by atoms with Crippen LogP contribution in [-0.4, -0.2) is 12.0 Å². The van der Waals surface area contributed by atoms with Gasteiger partial charge in [0.1, 0.15) is 0 Å². The van der Waals surface area contributed by atoms with Crippen molar-refractivity contribution in [1.29, 1.82) is 0 Å². The minimum atomic E-state index is 0.549. The third-order valence-corrected chi connectivity index (χ3v) is 3.06. The number of nitrogens with zero attached hydrogens (tertiary/aromatic N) is 1. The van der Waals surface area contributed by atoms with Crippen LogP contribution in [0.5, 0.6) is 0 Å². The zero-order valence-corrected chi connectivity index (χ0v) is 8.96. The van der Waals surface area contributed by atoms with Gasteiger partial charge in [-0.3, -0.25) is 4.98 Å². The van der Waals surface area contributed by atoms with Crippen LogP contribution in [0.3, 0.4) is 0 Å². The van der Waals surface area contributed by atoms with Gasteiger partial charge in [0.25, 0.3) is 0 Å². The first-order valence-corrected chi connectivity index (χ1v) is 5.46. The zero-order chi connectivity index (χ0) is 9.97. The Morgan fingerprint density at radius 3 is 2.93 bits per heavy atom. The molecule has 2 nitrogen and oxygen atoms in total. The molecule has 0 amide bonds. The molecule has 0 aliphatic heterocycles. The Hall–Kier alpha value is -0.890. The minimum Gasteiger partial charge on any atom is -0.313 e. The summed E-state index contributed by atoms with van der Waals surface area (Å²) >= 11 is 0. The predicted molar refractivity (Wildman–Crippen MR) is 58.1 cm³/mol. The van der Waals surface area contributed by atoms with E-state index in [0.717, 1.165) is 12.3 Å². The smallest absolute Gasteiger partial charge is 0.0350 e. The molecule has 1 aromatic heterocycles. The molecular weight excluding hydrogens is 172 g/mol. The van der Waals surface area contributed by atoms with Gasteiger partial charge in [0.2, 0.25) is 0 Å². The molecule has 2 heteroatoms. The van der Waals surface area contributed by atoms with E-state index in [2.05, 4.69) is 30.3 Å². The van der Waals surface area contributed by atoms with Crippen molar-refractivity contribution in [2.24, 2.45) is 5.92 Å². The maximum atomic E-state index is 4.18. The lowest BCUT2D eigenvalue weighted by Crippen LogP contribution is -2.19. The van der Waals surface area contributed by atoms with Crippen molar-refractivity contribution in [2.45, 2.75) is 32.2 Å². The average Bonchev–Trinajstić information content (AvgIpc) is 3.04. The molecule has 2 rings (SSSR count). The number of pyridine rings is 1. The molecule has 0 saturated heterocycles. The van der Waals surface area contributed by atoms with Crippen LogP contribution in [0, 0.1) is 5.92 Å². The van der Waals surface area contributed by atoms with E-state index < -0.39 is 0 Å². The maximum Gasteiger partial charge on any atom is 0.0350 e. The molecular formula is C12H18N2. The molecule has 1 N–H and O–H groups in total. The fourth-order valence-electron chi connectivity index (χ4n) is 2.11. The van der Waals surface area contributed by atoms with E-state index in [9.17, 15) is 0 Å². The van der Waals surface area contributed by atoms with Gasteiger partial charge in [-0.2, -0.15) is 0 Å².